The summed E-state index contributed by atoms with van der Waals surface area (Å²) < 4.78 is 5.22. The van der Waals surface area contributed by atoms with E-state index in [2.05, 4.69) is 17.4 Å². The van der Waals surface area contributed by atoms with Crippen molar-refractivity contribution in [1.29, 1.82) is 0 Å². The Labute approximate surface area is 124 Å². The van der Waals surface area contributed by atoms with E-state index in [-0.39, 0.29) is 6.61 Å². The molecule has 0 saturated carbocycles. The fourth-order valence-electron chi connectivity index (χ4n) is 1.97. The van der Waals surface area contributed by atoms with Gasteiger partial charge in [-0.05, 0) is 36.2 Å². The second-order valence-corrected chi connectivity index (χ2v) is 4.81. The number of carbonyl (C=O) groups is 1. The number of hydrogen-bond acceptors (Lipinski definition) is 3. The van der Waals surface area contributed by atoms with Crippen LogP contribution in [-0.2, 0) is 17.8 Å². The lowest BCUT2D eigenvalue weighted by atomic mass is 10.1. The van der Waals surface area contributed by atoms with Gasteiger partial charge in [0.2, 0.25) is 0 Å². The third-order valence-electron chi connectivity index (χ3n) is 3.07. The zero-order valence-corrected chi connectivity index (χ0v) is 11.9. The molecule has 4 heteroatoms. The molecule has 0 heterocycles. The summed E-state index contributed by atoms with van der Waals surface area (Å²) in [6.45, 7) is 1.70. The van der Waals surface area contributed by atoms with Gasteiger partial charge < -0.3 is 15.8 Å². The van der Waals surface area contributed by atoms with Crippen LogP contribution in [0.3, 0.4) is 0 Å². The third-order valence-corrected chi connectivity index (χ3v) is 3.07. The van der Waals surface area contributed by atoms with Crippen LogP contribution in [0.1, 0.15) is 11.1 Å². The van der Waals surface area contributed by atoms with Gasteiger partial charge in [-0.25, -0.2) is 0 Å². The minimum Gasteiger partial charge on any atom is -0.484 e. The van der Waals surface area contributed by atoms with Gasteiger partial charge in [0, 0.05) is 6.54 Å². The van der Waals surface area contributed by atoms with Gasteiger partial charge in [-0.1, -0.05) is 42.5 Å². The first-order valence-electron chi connectivity index (χ1n) is 6.99. The van der Waals surface area contributed by atoms with Gasteiger partial charge in [-0.3, -0.25) is 4.79 Å². The largest absolute Gasteiger partial charge is 0.484 e. The van der Waals surface area contributed by atoms with Gasteiger partial charge in [0.05, 0.1) is 0 Å². The Morgan fingerprint density at radius 3 is 2.38 bits per heavy atom. The summed E-state index contributed by atoms with van der Waals surface area (Å²) >= 11 is 0. The van der Waals surface area contributed by atoms with Crippen LogP contribution in [0.15, 0.2) is 54.6 Å². The van der Waals surface area contributed by atoms with E-state index in [1.165, 1.54) is 11.1 Å². The smallest absolute Gasteiger partial charge is 0.255 e. The Bertz CT molecular complexity index is 553. The van der Waals surface area contributed by atoms with Crippen molar-refractivity contribution in [2.45, 2.75) is 13.0 Å². The highest BCUT2D eigenvalue weighted by molar-refractivity contribution is 5.75. The average molecular weight is 284 g/mol. The predicted octanol–water partition coefficient (Wildman–Crippen LogP) is 1.88. The van der Waals surface area contributed by atoms with Crippen molar-refractivity contribution in [1.82, 2.24) is 5.32 Å². The topological polar surface area (TPSA) is 64.4 Å². The average Bonchev–Trinajstić information content (AvgIpc) is 2.52. The molecule has 0 saturated heterocycles. The molecule has 110 valence electrons. The van der Waals surface area contributed by atoms with Gasteiger partial charge in [-0.15, -0.1) is 0 Å². The van der Waals surface area contributed by atoms with Crippen LogP contribution in [0.4, 0.5) is 0 Å². The Hall–Kier alpha value is -2.33. The van der Waals surface area contributed by atoms with Crippen molar-refractivity contribution in [2.24, 2.45) is 5.73 Å². The molecule has 0 aromatic heterocycles. The molecule has 3 N–H and O–H groups in total. The van der Waals surface area contributed by atoms with Gasteiger partial charge >= 0.3 is 0 Å². The third kappa shape index (κ3) is 5.67. The highest BCUT2D eigenvalue weighted by Gasteiger charge is 1.98. The van der Waals surface area contributed by atoms with E-state index in [1.807, 2.05) is 42.5 Å². The lowest BCUT2D eigenvalue weighted by Crippen LogP contribution is -2.20. The van der Waals surface area contributed by atoms with Crippen LogP contribution in [0.5, 0.6) is 5.75 Å². The van der Waals surface area contributed by atoms with Gasteiger partial charge in [-0.2, -0.15) is 0 Å². The number of hydrogen-bond donors (Lipinski definition) is 2. The number of carbonyl (C=O) groups excluding carboxylic acids is 1. The standard InChI is InChI=1S/C17H20N2O2/c18-17(20)13-21-16-8-6-14(7-9-16)10-11-19-12-15-4-2-1-3-5-15/h1-9,19H,10-13H2,(H2,18,20). The highest BCUT2D eigenvalue weighted by atomic mass is 16.5. The second kappa shape index (κ2) is 8.07. The summed E-state index contributed by atoms with van der Waals surface area (Å²) in [5, 5.41) is 3.41. The summed E-state index contributed by atoms with van der Waals surface area (Å²) in [7, 11) is 0. The Morgan fingerprint density at radius 1 is 1.00 bits per heavy atom. The van der Waals surface area contributed by atoms with Crippen LogP contribution in [0.2, 0.25) is 0 Å². The molecule has 2 aromatic rings. The van der Waals surface area contributed by atoms with Gasteiger partial charge in [0.1, 0.15) is 5.75 Å². The molecule has 0 aliphatic heterocycles. The van der Waals surface area contributed by atoms with Crippen LogP contribution in [-0.4, -0.2) is 19.1 Å². The molecule has 0 unspecified atom stereocenters. The van der Waals surface area contributed by atoms with Gasteiger partial charge in [0.25, 0.3) is 5.91 Å². The quantitative estimate of drug-likeness (QED) is 0.728. The van der Waals surface area contributed by atoms with Gasteiger partial charge in [0.15, 0.2) is 6.61 Å². The summed E-state index contributed by atoms with van der Waals surface area (Å²) in [6.07, 6.45) is 0.947. The number of ether oxygens (including phenoxy) is 1. The molecule has 4 nitrogen and oxygen atoms in total. The number of amides is 1. The molecular formula is C17H20N2O2. The number of rotatable bonds is 8. The maximum absolute atomic E-state index is 10.6. The predicted molar refractivity (Wildman–Crippen MR) is 83.0 cm³/mol. The molecule has 1 amide bonds. The van der Waals surface area contributed by atoms with Crippen LogP contribution in [0, 0.1) is 0 Å². The first-order chi connectivity index (χ1) is 10.2. The molecule has 0 atom stereocenters. The fraction of sp³-hybridized carbons (Fsp3) is 0.235. The molecule has 0 bridgehead atoms. The molecule has 2 rings (SSSR count). The maximum atomic E-state index is 10.6. The van der Waals surface area contributed by atoms with E-state index in [9.17, 15) is 4.79 Å². The lowest BCUT2D eigenvalue weighted by molar-refractivity contribution is -0.119. The Morgan fingerprint density at radius 2 is 1.71 bits per heavy atom. The van der Waals surface area contributed by atoms with Crippen molar-refractivity contribution in [3.05, 3.63) is 65.7 Å². The fourth-order valence-corrected chi connectivity index (χ4v) is 1.97. The van der Waals surface area contributed by atoms with Crippen molar-refractivity contribution in [3.63, 3.8) is 0 Å². The first-order valence-corrected chi connectivity index (χ1v) is 6.99. The number of nitrogens with one attached hydrogen (secondary N) is 1. The summed E-state index contributed by atoms with van der Waals surface area (Å²) in [5.41, 5.74) is 7.54. The number of nitrogens with two attached hydrogens (primary N) is 1. The zero-order valence-electron chi connectivity index (χ0n) is 11.9. The lowest BCUT2D eigenvalue weighted by Gasteiger charge is -2.07. The molecule has 0 radical (unpaired) electrons. The monoisotopic (exact) mass is 284 g/mol. The van der Waals surface area contributed by atoms with Crippen molar-refractivity contribution in [3.8, 4) is 5.75 Å². The molecule has 21 heavy (non-hydrogen) atoms. The molecule has 0 fully saturated rings. The Balaban J connectivity index is 1.70. The van der Waals surface area contributed by atoms with Crippen molar-refractivity contribution in [2.75, 3.05) is 13.2 Å². The highest BCUT2D eigenvalue weighted by Crippen LogP contribution is 2.12. The maximum Gasteiger partial charge on any atom is 0.255 e. The van der Waals surface area contributed by atoms with E-state index < -0.39 is 5.91 Å². The Kier molecular flexibility index (Phi) is 5.79. The van der Waals surface area contributed by atoms with E-state index in [1.54, 1.807) is 0 Å². The summed E-state index contributed by atoms with van der Waals surface area (Å²) in [5.74, 6) is 0.194. The second-order valence-electron chi connectivity index (χ2n) is 4.81. The van der Waals surface area contributed by atoms with E-state index in [0.29, 0.717) is 5.75 Å². The molecular weight excluding hydrogens is 264 g/mol. The van der Waals surface area contributed by atoms with Crippen LogP contribution in [0.25, 0.3) is 0 Å². The molecule has 0 aliphatic rings. The number of primary amides is 1. The molecule has 0 aliphatic carbocycles. The SMILES string of the molecule is NC(=O)COc1ccc(CCNCc2ccccc2)cc1. The number of benzene rings is 2. The molecule has 0 spiro atoms. The zero-order chi connectivity index (χ0) is 14.9. The van der Waals surface area contributed by atoms with Crippen LogP contribution < -0.4 is 15.8 Å². The van der Waals surface area contributed by atoms with E-state index >= 15 is 0 Å². The normalized spacial score (nSPS) is 10.3. The first kappa shape index (κ1) is 15.1. The summed E-state index contributed by atoms with van der Waals surface area (Å²) in [6, 6.07) is 18.0. The van der Waals surface area contributed by atoms with Crippen molar-refractivity contribution >= 4 is 5.91 Å². The van der Waals surface area contributed by atoms with Crippen molar-refractivity contribution < 1.29 is 9.53 Å². The van der Waals surface area contributed by atoms with E-state index in [0.717, 1.165) is 19.5 Å². The minimum atomic E-state index is -0.468. The van der Waals surface area contributed by atoms with E-state index in [4.69, 9.17) is 10.5 Å². The summed E-state index contributed by atoms with van der Waals surface area (Å²) in [4.78, 5) is 10.6. The minimum absolute atomic E-state index is 0.0853. The molecule has 2 aromatic carbocycles. The van der Waals surface area contributed by atoms with Crippen LogP contribution >= 0.6 is 0 Å².